The van der Waals surface area contributed by atoms with E-state index in [2.05, 4.69) is 0 Å². The highest BCUT2D eigenvalue weighted by Crippen LogP contribution is 2.33. The molecular weight excluding hydrogens is 447 g/mol. The van der Waals surface area contributed by atoms with E-state index in [9.17, 15) is 9.59 Å². The van der Waals surface area contributed by atoms with E-state index in [1.807, 2.05) is 49.6 Å². The van der Waals surface area contributed by atoms with Crippen molar-refractivity contribution in [1.29, 1.82) is 0 Å². The average Bonchev–Trinajstić information content (AvgIpc) is 3.37. The molecule has 2 amide bonds. The summed E-state index contributed by atoms with van der Waals surface area (Å²) in [4.78, 5) is 28.6. The second-order valence-electron chi connectivity index (χ2n) is 7.43. The lowest BCUT2D eigenvalue weighted by Gasteiger charge is -2.29. The molecule has 0 fully saturated rings. The van der Waals surface area contributed by atoms with Crippen LogP contribution >= 0.6 is 34.5 Å². The van der Waals surface area contributed by atoms with E-state index in [1.54, 1.807) is 16.2 Å². The summed E-state index contributed by atoms with van der Waals surface area (Å²) in [5.74, 6) is 0.899. The summed E-state index contributed by atoms with van der Waals surface area (Å²) in [6.07, 6.45) is 0. The van der Waals surface area contributed by atoms with E-state index in [0.29, 0.717) is 31.1 Å². The van der Waals surface area contributed by atoms with E-state index >= 15 is 0 Å². The Morgan fingerprint density at radius 3 is 2.53 bits per heavy atom. The molecule has 0 radical (unpaired) electrons. The van der Waals surface area contributed by atoms with Gasteiger partial charge >= 0.3 is 0 Å². The smallest absolute Gasteiger partial charge is 0.256 e. The van der Waals surface area contributed by atoms with Gasteiger partial charge in [-0.25, -0.2) is 0 Å². The molecule has 0 atom stereocenters. The predicted octanol–water partition coefficient (Wildman–Crippen LogP) is 4.29. The van der Waals surface area contributed by atoms with Gasteiger partial charge in [-0.05, 0) is 35.1 Å². The van der Waals surface area contributed by atoms with Gasteiger partial charge in [0.2, 0.25) is 12.7 Å². The van der Waals surface area contributed by atoms with Crippen LogP contribution in [0.2, 0.25) is 0 Å². The van der Waals surface area contributed by atoms with Crippen molar-refractivity contribution in [1.82, 2.24) is 9.80 Å². The summed E-state index contributed by atoms with van der Waals surface area (Å²) in [6, 6.07) is 9.55. The molecule has 0 N–H and O–H groups in total. The van der Waals surface area contributed by atoms with Gasteiger partial charge in [0, 0.05) is 18.0 Å². The maximum Gasteiger partial charge on any atom is 0.256 e. The van der Waals surface area contributed by atoms with Crippen LogP contribution in [0.3, 0.4) is 0 Å². The van der Waals surface area contributed by atoms with Crippen LogP contribution in [-0.2, 0) is 22.7 Å². The first kappa shape index (κ1) is 22.7. The van der Waals surface area contributed by atoms with Crippen LogP contribution in [0.1, 0.15) is 24.3 Å². The number of hydrogen-bond acceptors (Lipinski definition) is 5. The molecule has 0 saturated heterocycles. The lowest BCUT2D eigenvalue weighted by Crippen LogP contribution is -2.45. The molecule has 0 bridgehead atoms. The highest BCUT2D eigenvalue weighted by Gasteiger charge is 2.26. The number of nitrogens with zero attached hydrogens (tertiary/aromatic N) is 2. The molecule has 1 aliphatic rings. The molecule has 1 aromatic carbocycles. The molecule has 3 rings (SSSR count). The first-order valence-corrected chi connectivity index (χ1v) is 11.3. The van der Waals surface area contributed by atoms with Crippen molar-refractivity contribution >= 4 is 46.4 Å². The normalized spacial score (nSPS) is 12.5. The summed E-state index contributed by atoms with van der Waals surface area (Å²) < 4.78 is 10.8. The fraction of sp³-hybridized carbons (Fsp3) is 0.429. The number of carbonyl (C=O) groups is 2. The zero-order valence-corrected chi connectivity index (χ0v) is 19.2. The topological polar surface area (TPSA) is 59.1 Å². The van der Waals surface area contributed by atoms with E-state index in [0.717, 1.165) is 10.4 Å². The van der Waals surface area contributed by atoms with Crippen LogP contribution < -0.4 is 9.47 Å². The van der Waals surface area contributed by atoms with Crippen molar-refractivity contribution < 1.29 is 19.1 Å². The molecule has 0 spiro atoms. The number of thiophene rings is 1. The Bertz CT molecular complexity index is 874. The molecule has 0 saturated carbocycles. The van der Waals surface area contributed by atoms with Gasteiger partial charge in [-0.1, -0.05) is 49.2 Å². The van der Waals surface area contributed by atoms with Gasteiger partial charge in [0.15, 0.2) is 16.3 Å². The second kappa shape index (κ2) is 10.4. The third kappa shape index (κ3) is 6.03. The fourth-order valence-corrected chi connectivity index (χ4v) is 4.15. The van der Waals surface area contributed by atoms with Crippen LogP contribution in [0, 0.1) is 5.92 Å². The Labute approximate surface area is 190 Å². The van der Waals surface area contributed by atoms with Crippen molar-refractivity contribution in [3.63, 3.8) is 0 Å². The van der Waals surface area contributed by atoms with Crippen molar-refractivity contribution in [3.05, 3.63) is 46.2 Å². The van der Waals surface area contributed by atoms with Crippen LogP contribution in [0.25, 0.3) is 0 Å². The maximum atomic E-state index is 13.2. The van der Waals surface area contributed by atoms with E-state index in [1.165, 1.54) is 4.90 Å². The van der Waals surface area contributed by atoms with Gasteiger partial charge in [-0.2, -0.15) is 0 Å². The molecule has 1 aliphatic heterocycles. The zero-order valence-electron chi connectivity index (χ0n) is 16.8. The quantitative estimate of drug-likeness (QED) is 0.512. The third-order valence-electron chi connectivity index (χ3n) is 4.50. The number of rotatable bonds is 9. The van der Waals surface area contributed by atoms with Gasteiger partial charge in [-0.3, -0.25) is 9.59 Å². The molecule has 9 heteroatoms. The molecule has 30 heavy (non-hydrogen) atoms. The van der Waals surface area contributed by atoms with Crippen molar-refractivity contribution in [3.8, 4) is 11.5 Å². The monoisotopic (exact) mass is 470 g/mol. The van der Waals surface area contributed by atoms with Crippen LogP contribution in [0.15, 0.2) is 35.7 Å². The van der Waals surface area contributed by atoms with E-state index in [4.69, 9.17) is 32.7 Å². The number of hydrogen-bond donors (Lipinski definition) is 0. The van der Waals surface area contributed by atoms with E-state index in [-0.39, 0.29) is 25.2 Å². The fourth-order valence-electron chi connectivity index (χ4n) is 3.16. The van der Waals surface area contributed by atoms with Gasteiger partial charge in [0.05, 0.1) is 13.1 Å². The Kier molecular flexibility index (Phi) is 7.86. The minimum atomic E-state index is -1.20. The summed E-state index contributed by atoms with van der Waals surface area (Å²) in [7, 11) is 0. The van der Waals surface area contributed by atoms with Crippen molar-refractivity contribution in [2.75, 3.05) is 19.9 Å². The molecule has 1 aromatic heterocycles. The summed E-state index contributed by atoms with van der Waals surface area (Å²) >= 11 is 13.2. The molecule has 2 aromatic rings. The van der Waals surface area contributed by atoms with Crippen molar-refractivity contribution in [2.45, 2.75) is 31.8 Å². The van der Waals surface area contributed by atoms with Crippen molar-refractivity contribution in [2.24, 2.45) is 5.92 Å². The zero-order chi connectivity index (χ0) is 21.7. The van der Waals surface area contributed by atoms with Crippen LogP contribution in [0.5, 0.6) is 11.5 Å². The maximum absolute atomic E-state index is 13.2. The lowest BCUT2D eigenvalue weighted by molar-refractivity contribution is -0.140. The van der Waals surface area contributed by atoms with Gasteiger partial charge < -0.3 is 19.3 Å². The second-order valence-corrected chi connectivity index (χ2v) is 9.56. The molecule has 2 heterocycles. The third-order valence-corrected chi connectivity index (χ3v) is 5.73. The number of fused-ring (bicyclic) bond motifs is 1. The Balaban J connectivity index is 1.78. The first-order valence-electron chi connectivity index (χ1n) is 9.59. The number of alkyl halides is 2. The Morgan fingerprint density at radius 1 is 1.10 bits per heavy atom. The molecule has 6 nitrogen and oxygen atoms in total. The minimum Gasteiger partial charge on any atom is -0.454 e. The summed E-state index contributed by atoms with van der Waals surface area (Å²) in [5.41, 5.74) is 0.915. The van der Waals surface area contributed by atoms with Gasteiger partial charge in [0.25, 0.3) is 5.91 Å². The van der Waals surface area contributed by atoms with Gasteiger partial charge in [-0.15, -0.1) is 11.3 Å². The van der Waals surface area contributed by atoms with E-state index < -0.39 is 10.7 Å². The number of ether oxygens (including phenoxy) is 2. The molecule has 0 aliphatic carbocycles. The number of carbonyl (C=O) groups excluding carboxylic acids is 2. The van der Waals surface area contributed by atoms with Gasteiger partial charge in [0.1, 0.15) is 0 Å². The Morgan fingerprint density at radius 2 is 1.87 bits per heavy atom. The average molecular weight is 471 g/mol. The highest BCUT2D eigenvalue weighted by molar-refractivity contribution is 7.09. The number of benzene rings is 1. The number of halogens is 2. The first-order chi connectivity index (χ1) is 14.3. The number of amides is 2. The molecule has 0 unspecified atom stereocenters. The van der Waals surface area contributed by atoms with Crippen LogP contribution in [-0.4, -0.2) is 46.3 Å². The highest BCUT2D eigenvalue weighted by atomic mass is 35.5. The summed E-state index contributed by atoms with van der Waals surface area (Å²) in [5, 5.41) is 1.97. The molecule has 162 valence electrons. The minimum absolute atomic E-state index is 0.0805. The standard InChI is InChI=1S/C21H24Cl2N2O4S/c1-14(2)9-25(21(27)20(22)23)12-19(26)24(11-16-4-3-7-30-16)10-15-5-6-17-18(8-15)29-13-28-17/h3-8,14,20H,9-13H2,1-2H3. The molecular formula is C21H24Cl2N2O4S. The Hall–Kier alpha value is -1.96. The predicted molar refractivity (Wildman–Crippen MR) is 118 cm³/mol. The largest absolute Gasteiger partial charge is 0.454 e. The lowest BCUT2D eigenvalue weighted by atomic mass is 10.1. The summed E-state index contributed by atoms with van der Waals surface area (Å²) in [6.45, 7) is 5.28. The SMILES string of the molecule is CC(C)CN(CC(=O)N(Cc1ccc2c(c1)OCO2)Cc1cccs1)C(=O)C(Cl)Cl. The van der Waals surface area contributed by atoms with Crippen LogP contribution in [0.4, 0.5) is 0 Å².